The van der Waals surface area contributed by atoms with Crippen LogP contribution in [0.1, 0.15) is 219 Å². The summed E-state index contributed by atoms with van der Waals surface area (Å²) in [6, 6.07) is 0. The minimum absolute atomic E-state index is 0.0629. The maximum absolute atomic E-state index is 12.1. The monoisotopic (exact) mass is 1320 g/mol. The van der Waals surface area contributed by atoms with Crippen molar-refractivity contribution in [1.29, 1.82) is 0 Å². The van der Waals surface area contributed by atoms with E-state index in [0.717, 1.165) is 126 Å². The normalized spacial score (nSPS) is 43.8. The van der Waals surface area contributed by atoms with Crippen molar-refractivity contribution in [2.45, 2.75) is 254 Å². The van der Waals surface area contributed by atoms with Gasteiger partial charge in [-0.15, -0.1) is 0 Å². The highest BCUT2D eigenvalue weighted by atomic mass is 17.3. The minimum Gasteiger partial charge on any atom is -0.481 e. The number of rotatable bonds is 11. The summed E-state index contributed by atoms with van der Waals surface area (Å²) >= 11 is 0. The zero-order valence-electron chi connectivity index (χ0n) is 58.9. The maximum atomic E-state index is 12.1. The van der Waals surface area contributed by atoms with Gasteiger partial charge in [0, 0.05) is 18.3 Å². The number of hydrogen-bond donors (Lipinski definition) is 7. The number of aliphatic carboxylic acids is 4. The number of esters is 1. The molecular formula is C75H118O19. The number of hydrogen-bond acceptors (Lipinski definition) is 15. The van der Waals surface area contributed by atoms with Gasteiger partial charge < -0.3 is 29.9 Å². The molecular weight excluding hydrogens is 1200 g/mol. The first kappa shape index (κ1) is 75.7. The summed E-state index contributed by atoms with van der Waals surface area (Å²) in [5.41, 5.74) is 3.32. The minimum atomic E-state index is -0.793. The second-order valence-electron chi connectivity index (χ2n) is 32.4. The van der Waals surface area contributed by atoms with Crippen molar-refractivity contribution in [3.05, 3.63) is 47.1 Å². The van der Waals surface area contributed by atoms with Gasteiger partial charge in [0.25, 0.3) is 0 Å². The molecule has 1 spiro atoms. The van der Waals surface area contributed by atoms with E-state index < -0.39 is 59.2 Å². The fourth-order valence-corrected chi connectivity index (χ4v) is 20.6. The Kier molecular flexibility index (Phi) is 25.3. The van der Waals surface area contributed by atoms with Crippen LogP contribution in [-0.2, 0) is 57.9 Å². The van der Waals surface area contributed by atoms with Crippen molar-refractivity contribution in [2.75, 3.05) is 0 Å². The predicted octanol–water partition coefficient (Wildman–Crippen LogP) is 15.8. The Hall–Kier alpha value is -4.05. The van der Waals surface area contributed by atoms with Crippen molar-refractivity contribution >= 4 is 29.8 Å². The molecule has 2 unspecified atom stereocenters. The summed E-state index contributed by atoms with van der Waals surface area (Å²) in [7, 11) is 0. The van der Waals surface area contributed by atoms with Gasteiger partial charge in [-0.05, 0) is 230 Å². The van der Waals surface area contributed by atoms with Crippen LogP contribution < -0.4 is 0 Å². The second-order valence-corrected chi connectivity index (χ2v) is 32.4. The lowest BCUT2D eigenvalue weighted by Crippen LogP contribution is -2.69. The Morgan fingerprint density at radius 1 is 0.585 bits per heavy atom. The molecule has 13 rings (SSSR count). The fourth-order valence-electron chi connectivity index (χ4n) is 20.6. The largest absolute Gasteiger partial charge is 0.481 e. The highest BCUT2D eigenvalue weighted by Gasteiger charge is 2.70. The lowest BCUT2D eigenvalue weighted by molar-refractivity contribution is -0.559. The third-order valence-corrected chi connectivity index (χ3v) is 26.8. The molecule has 10 fully saturated rings. The second kappa shape index (κ2) is 31.4. The molecule has 9 aliphatic carbocycles. The van der Waals surface area contributed by atoms with Crippen molar-refractivity contribution in [1.82, 2.24) is 0 Å². The molecule has 0 aromatic carbocycles. The van der Waals surface area contributed by atoms with E-state index in [1.807, 2.05) is 40.7 Å². The number of carbonyl (C=O) groups is 5. The van der Waals surface area contributed by atoms with E-state index in [4.69, 9.17) is 29.4 Å². The first-order chi connectivity index (χ1) is 44.3. The molecule has 0 radical (unpaired) electrons. The molecule has 4 aliphatic heterocycles. The summed E-state index contributed by atoms with van der Waals surface area (Å²) in [6.07, 6.45) is 24.3. The Morgan fingerprint density at radius 2 is 1.12 bits per heavy atom. The van der Waals surface area contributed by atoms with Gasteiger partial charge in [0.2, 0.25) is 12.1 Å². The Labute approximate surface area is 559 Å². The van der Waals surface area contributed by atoms with E-state index in [1.54, 1.807) is 20.8 Å². The molecule has 2 bridgehead atoms. The number of carboxylic acid groups (broad SMARTS) is 4. The number of ether oxygens (including phenoxy) is 2. The zero-order chi connectivity index (χ0) is 69.2. The number of carboxylic acids is 4. The van der Waals surface area contributed by atoms with Gasteiger partial charge in [0.15, 0.2) is 5.60 Å². The van der Waals surface area contributed by atoms with E-state index in [0.29, 0.717) is 59.2 Å². The van der Waals surface area contributed by atoms with Crippen LogP contribution in [0.15, 0.2) is 47.1 Å². The van der Waals surface area contributed by atoms with Crippen LogP contribution in [0.25, 0.3) is 0 Å². The standard InChI is InChI=1S/C15H22O5.3C15H24O4.C15H24O2/c1-8-4-5-11-9(2)12(16)17-13-15(11)10(8)6-7-14(3,18-13)19-20-15;2*1-8-4-7-12(10(3)15(16)17)13-11(8)6-5-9(2)14(13)19-18;1-9-4-5-12(10(2)14(16)17)13-8-15(3,19-18)7-6-11(9)13;1-9-4-6-12-10(2)5-7-13(14(12)8-9)11(3)15(16)17/h8-11,13H,4-7H2,1-3H3;5,8,10-14,18H,4,6-7H2,1-3H3,(H,16,17);8,10-14,18H,2,4-7H2,1,3H3,(H,16,17);8-12,18H,4-7H2,1-3H3,(H,16,17);8,10-14H,4-7H2,1-3H3,(H,16,17)/t8-,9-,10+,11+,13-,14+,15-;2*8-,10-,11+,12+,13+,14?;9-,10-,11+,12+,15-;10-,11-,12+,13+,14+/m11111/s1. The molecule has 0 aromatic heterocycles. The summed E-state index contributed by atoms with van der Waals surface area (Å²) in [4.78, 5) is 82.8. The fraction of sp³-hybridized carbons (Fsp3) is 0.827. The maximum Gasteiger partial charge on any atom is 0.311 e. The molecule has 0 aromatic rings. The van der Waals surface area contributed by atoms with Crippen LogP contribution in [0, 0.1) is 136 Å². The topological polar surface area (TPSA) is 292 Å². The summed E-state index contributed by atoms with van der Waals surface area (Å²) < 4.78 is 11.6. The quantitative estimate of drug-likeness (QED) is 0.0438. The molecule has 6 saturated carbocycles. The van der Waals surface area contributed by atoms with E-state index in [2.05, 4.69) is 70.0 Å². The lowest BCUT2D eigenvalue weighted by atomic mass is 9.57. The SMILES string of the molecule is C=C1CC[C@@H]2[C@H](C1OO)[C@H]([C@@H](C)C(=O)O)CC[C@H]2C.CC1=CC[C@@H]2[C@H](C1OO)[C@H]([C@@H](C)C(=O)O)CC[C@H]2C.CC1=C[C@H]2[C@@H](CC1)[C@H](C)CC[C@H]2[C@@H](C)C(=O)O.C[C@@H]1CC[C@@H]([C@@H](C)C(=O)O)C2=C[C@](C)(OO)CC[C@H]21.C[C@@H]1CC[C@H]2[C@@H](C)C(=O)O[C@@H]3O[C@]4(C)CC[C@@H]1[C@]32OO4. The van der Waals surface area contributed by atoms with Crippen LogP contribution in [0.5, 0.6) is 0 Å². The molecule has 19 nitrogen and oxygen atoms in total. The summed E-state index contributed by atoms with van der Waals surface area (Å²) in [5, 5.41) is 64.6. The summed E-state index contributed by atoms with van der Waals surface area (Å²) in [6.45, 7) is 32.3. The highest BCUT2D eigenvalue weighted by molar-refractivity contribution is 5.74. The van der Waals surface area contributed by atoms with Gasteiger partial charge in [-0.3, -0.25) is 39.7 Å². The molecule has 0 amide bonds. The molecule has 94 heavy (non-hydrogen) atoms. The van der Waals surface area contributed by atoms with Crippen LogP contribution in [0.2, 0.25) is 0 Å². The first-order valence-corrected chi connectivity index (χ1v) is 36.1. The van der Waals surface area contributed by atoms with Gasteiger partial charge in [-0.25, -0.2) is 24.4 Å². The molecule has 4 saturated heterocycles. The van der Waals surface area contributed by atoms with Crippen LogP contribution in [0.4, 0.5) is 0 Å². The van der Waals surface area contributed by atoms with Crippen molar-refractivity contribution in [3.8, 4) is 0 Å². The Morgan fingerprint density at radius 3 is 1.70 bits per heavy atom. The Balaban J connectivity index is 0.000000151. The number of fused-ring (bicyclic) bond motifs is 6. The number of carbonyl (C=O) groups excluding carboxylic acids is 1. The zero-order valence-corrected chi connectivity index (χ0v) is 58.9. The number of allylic oxidation sites excluding steroid dienone is 4. The van der Waals surface area contributed by atoms with Crippen molar-refractivity contribution in [2.24, 2.45) is 136 Å². The first-order valence-electron chi connectivity index (χ1n) is 36.1. The van der Waals surface area contributed by atoms with Crippen LogP contribution in [-0.4, -0.2) is 102 Å². The molecule has 19 heteroatoms. The van der Waals surface area contributed by atoms with E-state index >= 15 is 0 Å². The predicted molar refractivity (Wildman–Crippen MR) is 351 cm³/mol. The van der Waals surface area contributed by atoms with E-state index in [-0.39, 0.29) is 71.3 Å². The third kappa shape index (κ3) is 15.7. The highest BCUT2D eigenvalue weighted by Crippen LogP contribution is 2.60. The molecule has 4 heterocycles. The van der Waals surface area contributed by atoms with E-state index in [1.165, 1.54) is 30.4 Å². The molecule has 7 N–H and O–H groups in total. The van der Waals surface area contributed by atoms with Crippen molar-refractivity contribution < 1.29 is 94.1 Å². The van der Waals surface area contributed by atoms with Crippen molar-refractivity contribution in [3.63, 3.8) is 0 Å². The summed E-state index contributed by atoms with van der Waals surface area (Å²) in [5.74, 6) is 1.42. The van der Waals surface area contributed by atoms with E-state index in [9.17, 15) is 54.9 Å². The van der Waals surface area contributed by atoms with Crippen LogP contribution in [0.3, 0.4) is 0 Å². The molecule has 13 aliphatic rings. The molecule has 532 valence electrons. The van der Waals surface area contributed by atoms with Gasteiger partial charge in [-0.2, -0.15) is 0 Å². The smallest absolute Gasteiger partial charge is 0.311 e. The lowest BCUT2D eigenvalue weighted by Gasteiger charge is -2.57. The van der Waals surface area contributed by atoms with Gasteiger partial charge in [0.1, 0.15) is 17.8 Å². The Bertz CT molecular complexity index is 2740. The molecule has 29 atom stereocenters. The average Bonchev–Trinajstić information content (AvgIpc) is 1.42. The third-order valence-electron chi connectivity index (χ3n) is 26.8. The van der Waals surface area contributed by atoms with Gasteiger partial charge in [0.05, 0.1) is 29.6 Å². The van der Waals surface area contributed by atoms with Crippen LogP contribution >= 0.6 is 0 Å². The average molecular weight is 1320 g/mol. The van der Waals surface area contributed by atoms with Gasteiger partial charge in [-0.1, -0.05) is 124 Å². The van der Waals surface area contributed by atoms with Gasteiger partial charge >= 0.3 is 29.8 Å².